The van der Waals surface area contributed by atoms with Gasteiger partial charge < -0.3 is 4.42 Å². The first-order chi connectivity index (χ1) is 37.2. The molecule has 16 rings (SSSR count). The van der Waals surface area contributed by atoms with E-state index in [1.54, 1.807) is 0 Å². The van der Waals surface area contributed by atoms with Crippen LogP contribution in [0.2, 0.25) is 0 Å². The van der Waals surface area contributed by atoms with Gasteiger partial charge in [-0.3, -0.25) is 0 Å². The van der Waals surface area contributed by atoms with Gasteiger partial charge in [-0.05, 0) is 144 Å². The van der Waals surface area contributed by atoms with Crippen LogP contribution in [0.3, 0.4) is 0 Å². The summed E-state index contributed by atoms with van der Waals surface area (Å²) in [7, 11) is 0. The zero-order valence-corrected chi connectivity index (χ0v) is 41.0. The van der Waals surface area contributed by atoms with Gasteiger partial charge in [0.25, 0.3) is 0 Å². The average molecular weight is 951 g/mol. The third-order valence-electron chi connectivity index (χ3n) is 15.7. The molecule has 15 aromatic carbocycles. The molecule has 0 aliphatic carbocycles. The van der Waals surface area contributed by atoms with Crippen molar-refractivity contribution in [1.29, 1.82) is 0 Å². The van der Waals surface area contributed by atoms with E-state index < -0.39 is 0 Å². The maximum atomic E-state index is 6.59. The van der Waals surface area contributed by atoms with E-state index in [2.05, 4.69) is 279 Å². The SMILES string of the molecule is c1ccc2c(-c3c4ccccc4c(-c4cccc5oc6c7ccccc7ccc6c45)c4ccccc34)cccc2c1.c1ccc2cc(-c3c4ccccc4c(-c4cccc5ccccc45)c4ccccc34)ccc2c1. The van der Waals surface area contributed by atoms with Crippen LogP contribution in [-0.2, 0) is 0 Å². The second-order valence-corrected chi connectivity index (χ2v) is 19.7. The molecule has 0 fully saturated rings. The predicted molar refractivity (Wildman–Crippen MR) is 322 cm³/mol. The van der Waals surface area contributed by atoms with Crippen molar-refractivity contribution in [2.45, 2.75) is 0 Å². The van der Waals surface area contributed by atoms with Gasteiger partial charge in [-0.2, -0.15) is 0 Å². The van der Waals surface area contributed by atoms with Gasteiger partial charge in [-0.15, -0.1) is 0 Å². The van der Waals surface area contributed by atoms with E-state index in [4.69, 9.17) is 4.42 Å². The van der Waals surface area contributed by atoms with E-state index in [-0.39, 0.29) is 0 Å². The minimum absolute atomic E-state index is 0.917. The molecule has 16 aromatic rings. The normalized spacial score (nSPS) is 11.7. The zero-order chi connectivity index (χ0) is 49.4. The number of furan rings is 1. The molecule has 0 aliphatic heterocycles. The number of hydrogen-bond donors (Lipinski definition) is 0. The Bertz CT molecular complexity index is 4830. The van der Waals surface area contributed by atoms with Crippen molar-refractivity contribution in [1.82, 2.24) is 0 Å². The van der Waals surface area contributed by atoms with E-state index in [0.717, 1.165) is 21.9 Å². The number of rotatable bonds is 4. The van der Waals surface area contributed by atoms with Crippen molar-refractivity contribution in [2.24, 2.45) is 0 Å². The molecule has 0 aliphatic rings. The predicted octanol–water partition coefficient (Wildman–Crippen LogP) is 21.2. The van der Waals surface area contributed by atoms with Crippen LogP contribution in [-0.4, -0.2) is 0 Å². The topological polar surface area (TPSA) is 13.1 Å². The standard InChI is InChI=1S/C40H24O.C34H22/c1-3-14-27-25(11-1)13-9-20-29(27)37-30-16-5-7-18-32(30)38(33-19-8-6-17-31(33)37)34-21-10-22-36-39(34)35-24-23-26-12-2-4-15-28(26)40(35)41-36;1-2-12-25-22-26(21-20-23(25)10-1)33-29-15-5-7-17-31(29)34(32-18-8-6-16-30(32)33)28-19-9-13-24-11-3-4-14-27(24)28/h1-24H;1-22H. The molecule has 0 bridgehead atoms. The molecule has 75 heavy (non-hydrogen) atoms. The van der Waals surface area contributed by atoms with E-state index in [9.17, 15) is 0 Å². The first kappa shape index (κ1) is 42.8. The summed E-state index contributed by atoms with van der Waals surface area (Å²) in [6, 6.07) is 101. The van der Waals surface area contributed by atoms with Crippen LogP contribution >= 0.6 is 0 Å². The van der Waals surface area contributed by atoms with Gasteiger partial charge in [0.2, 0.25) is 0 Å². The molecule has 1 aromatic heterocycles. The van der Waals surface area contributed by atoms with Crippen molar-refractivity contribution in [3.05, 3.63) is 279 Å². The van der Waals surface area contributed by atoms with Gasteiger partial charge in [0.1, 0.15) is 11.2 Å². The summed E-state index contributed by atoms with van der Waals surface area (Å²) in [5.41, 5.74) is 12.0. The van der Waals surface area contributed by atoms with Crippen LogP contribution in [0.1, 0.15) is 0 Å². The molecule has 0 saturated carbocycles. The quantitative estimate of drug-likeness (QED) is 0.160. The zero-order valence-electron chi connectivity index (χ0n) is 41.0. The molecule has 1 nitrogen and oxygen atoms in total. The van der Waals surface area contributed by atoms with Crippen LogP contribution in [0.5, 0.6) is 0 Å². The molecule has 0 unspecified atom stereocenters. The van der Waals surface area contributed by atoms with Crippen molar-refractivity contribution in [3.63, 3.8) is 0 Å². The molecule has 0 atom stereocenters. The molecule has 0 radical (unpaired) electrons. The molecular formula is C74H46O. The van der Waals surface area contributed by atoms with Crippen LogP contribution in [0, 0.1) is 0 Å². The summed E-state index contributed by atoms with van der Waals surface area (Å²) in [5, 5.41) is 22.5. The summed E-state index contributed by atoms with van der Waals surface area (Å²) in [6.07, 6.45) is 0. The molecule has 0 saturated heterocycles. The van der Waals surface area contributed by atoms with Crippen molar-refractivity contribution < 1.29 is 4.42 Å². The summed E-state index contributed by atoms with van der Waals surface area (Å²) in [6.45, 7) is 0. The lowest BCUT2D eigenvalue weighted by atomic mass is 9.84. The fraction of sp³-hybridized carbons (Fsp3) is 0. The summed E-state index contributed by atoms with van der Waals surface area (Å²) in [5.74, 6) is 0. The smallest absolute Gasteiger partial charge is 0.143 e. The summed E-state index contributed by atoms with van der Waals surface area (Å²) in [4.78, 5) is 0. The highest BCUT2D eigenvalue weighted by Gasteiger charge is 2.22. The van der Waals surface area contributed by atoms with Crippen molar-refractivity contribution in [2.75, 3.05) is 0 Å². The molecule has 1 heterocycles. The van der Waals surface area contributed by atoms with Gasteiger partial charge >= 0.3 is 0 Å². The first-order valence-electron chi connectivity index (χ1n) is 25.9. The maximum Gasteiger partial charge on any atom is 0.143 e. The Morgan fingerprint density at radius 3 is 1.05 bits per heavy atom. The van der Waals surface area contributed by atoms with Crippen LogP contribution in [0.25, 0.3) is 153 Å². The van der Waals surface area contributed by atoms with Crippen LogP contribution in [0.15, 0.2) is 283 Å². The Morgan fingerprint density at radius 1 is 0.200 bits per heavy atom. The highest BCUT2D eigenvalue weighted by Crippen LogP contribution is 2.49. The average Bonchev–Trinajstić information content (AvgIpc) is 3.88. The van der Waals surface area contributed by atoms with Crippen molar-refractivity contribution in [3.8, 4) is 44.5 Å². The van der Waals surface area contributed by atoms with E-state index in [1.807, 2.05) is 0 Å². The van der Waals surface area contributed by atoms with Gasteiger partial charge in [0, 0.05) is 16.2 Å². The Labute approximate surface area is 433 Å². The van der Waals surface area contributed by atoms with Crippen molar-refractivity contribution >= 4 is 108 Å². The lowest BCUT2D eigenvalue weighted by molar-refractivity contribution is 0.673. The molecule has 0 spiro atoms. The summed E-state index contributed by atoms with van der Waals surface area (Å²) >= 11 is 0. The Morgan fingerprint density at radius 2 is 0.547 bits per heavy atom. The summed E-state index contributed by atoms with van der Waals surface area (Å²) < 4.78 is 6.59. The van der Waals surface area contributed by atoms with E-state index >= 15 is 0 Å². The third-order valence-corrected chi connectivity index (χ3v) is 15.7. The number of hydrogen-bond acceptors (Lipinski definition) is 1. The fourth-order valence-corrected chi connectivity index (χ4v) is 12.4. The maximum absolute atomic E-state index is 6.59. The lowest BCUT2D eigenvalue weighted by Gasteiger charge is -2.19. The second kappa shape index (κ2) is 17.4. The molecular weight excluding hydrogens is 905 g/mol. The third kappa shape index (κ3) is 6.86. The second-order valence-electron chi connectivity index (χ2n) is 19.7. The van der Waals surface area contributed by atoms with E-state index in [1.165, 1.54) is 131 Å². The van der Waals surface area contributed by atoms with Crippen LogP contribution < -0.4 is 0 Å². The molecule has 0 amide bonds. The van der Waals surface area contributed by atoms with Gasteiger partial charge in [-0.25, -0.2) is 0 Å². The number of benzene rings is 15. The highest BCUT2D eigenvalue weighted by atomic mass is 16.3. The molecule has 348 valence electrons. The van der Waals surface area contributed by atoms with Gasteiger partial charge in [-0.1, -0.05) is 261 Å². The lowest BCUT2D eigenvalue weighted by Crippen LogP contribution is -1.92. The monoisotopic (exact) mass is 950 g/mol. The number of fused-ring (bicyclic) bond motifs is 12. The highest BCUT2D eigenvalue weighted by molar-refractivity contribution is 6.28. The van der Waals surface area contributed by atoms with Gasteiger partial charge in [0.05, 0.1) is 0 Å². The molecule has 1 heteroatoms. The van der Waals surface area contributed by atoms with Gasteiger partial charge in [0.15, 0.2) is 0 Å². The Hall–Kier alpha value is -9.82. The first-order valence-corrected chi connectivity index (χ1v) is 25.9. The minimum atomic E-state index is 0.917. The Kier molecular flexibility index (Phi) is 9.96. The fourth-order valence-electron chi connectivity index (χ4n) is 12.4. The minimum Gasteiger partial charge on any atom is -0.455 e. The molecule has 0 N–H and O–H groups in total. The largest absolute Gasteiger partial charge is 0.455 e. The Balaban J connectivity index is 0.000000134. The van der Waals surface area contributed by atoms with E-state index in [0.29, 0.717) is 0 Å². The van der Waals surface area contributed by atoms with Crippen LogP contribution in [0.4, 0.5) is 0 Å².